The Kier molecular flexibility index (Phi) is 5.94. The highest BCUT2D eigenvalue weighted by Gasteiger charge is 2.22. The summed E-state index contributed by atoms with van der Waals surface area (Å²) in [5, 5.41) is 7.47. The predicted molar refractivity (Wildman–Crippen MR) is 113 cm³/mol. The number of hydrogen-bond donors (Lipinski definition) is 1. The van der Waals surface area contributed by atoms with Crippen molar-refractivity contribution in [2.24, 2.45) is 0 Å². The van der Waals surface area contributed by atoms with E-state index in [2.05, 4.69) is 20.2 Å². The summed E-state index contributed by atoms with van der Waals surface area (Å²) >= 11 is 0. The van der Waals surface area contributed by atoms with Gasteiger partial charge in [0.2, 0.25) is 5.91 Å². The van der Waals surface area contributed by atoms with Gasteiger partial charge in [0, 0.05) is 43.5 Å². The fraction of sp³-hybridized carbons (Fsp3) is 0.500. The van der Waals surface area contributed by atoms with Gasteiger partial charge in [-0.1, -0.05) is 12.8 Å². The SMILES string of the molecule is CC(=O)c1ccc(N2CCN(CC(=O)Nc3ccnn3C3CCCC3)CC2)cc1. The lowest BCUT2D eigenvalue weighted by Crippen LogP contribution is -2.48. The Balaban J connectivity index is 1.27. The van der Waals surface area contributed by atoms with Gasteiger partial charge in [-0.2, -0.15) is 5.10 Å². The van der Waals surface area contributed by atoms with Crippen molar-refractivity contribution in [2.75, 3.05) is 42.9 Å². The van der Waals surface area contributed by atoms with Crippen LogP contribution in [-0.4, -0.2) is 59.1 Å². The minimum atomic E-state index is 0.0176. The molecule has 0 radical (unpaired) electrons. The summed E-state index contributed by atoms with van der Waals surface area (Å²) in [7, 11) is 0. The fourth-order valence-corrected chi connectivity index (χ4v) is 4.31. The zero-order valence-corrected chi connectivity index (χ0v) is 17.0. The number of carbonyl (C=O) groups excluding carboxylic acids is 2. The van der Waals surface area contributed by atoms with Gasteiger partial charge in [0.15, 0.2) is 5.78 Å². The van der Waals surface area contributed by atoms with Crippen molar-refractivity contribution >= 4 is 23.2 Å². The number of carbonyl (C=O) groups is 2. The zero-order valence-electron chi connectivity index (χ0n) is 17.0. The first kappa shape index (κ1) is 19.6. The highest BCUT2D eigenvalue weighted by Crippen LogP contribution is 2.31. The van der Waals surface area contributed by atoms with Crippen LogP contribution >= 0.6 is 0 Å². The van der Waals surface area contributed by atoms with E-state index in [0.29, 0.717) is 12.6 Å². The molecule has 2 aliphatic rings. The van der Waals surface area contributed by atoms with Crippen LogP contribution in [0.2, 0.25) is 0 Å². The Morgan fingerprint density at radius 2 is 1.72 bits per heavy atom. The van der Waals surface area contributed by atoms with E-state index in [1.165, 1.54) is 12.8 Å². The lowest BCUT2D eigenvalue weighted by Gasteiger charge is -2.35. The van der Waals surface area contributed by atoms with Crippen LogP contribution < -0.4 is 10.2 Å². The molecule has 7 nitrogen and oxygen atoms in total. The molecule has 2 heterocycles. The number of nitrogens with one attached hydrogen (secondary N) is 1. The third kappa shape index (κ3) is 4.67. The first-order valence-electron chi connectivity index (χ1n) is 10.5. The zero-order chi connectivity index (χ0) is 20.2. The number of amides is 1. The molecule has 154 valence electrons. The van der Waals surface area contributed by atoms with Crippen molar-refractivity contribution in [3.8, 4) is 0 Å². The third-order valence-corrected chi connectivity index (χ3v) is 5.99. The van der Waals surface area contributed by atoms with Crippen LogP contribution in [0, 0.1) is 0 Å². The molecule has 29 heavy (non-hydrogen) atoms. The summed E-state index contributed by atoms with van der Waals surface area (Å²) in [6.07, 6.45) is 6.52. The van der Waals surface area contributed by atoms with E-state index in [-0.39, 0.29) is 11.7 Å². The first-order valence-corrected chi connectivity index (χ1v) is 10.5. The third-order valence-electron chi connectivity index (χ3n) is 5.99. The molecule has 1 amide bonds. The second-order valence-electron chi connectivity index (χ2n) is 8.01. The number of ketones is 1. The largest absolute Gasteiger partial charge is 0.369 e. The Morgan fingerprint density at radius 1 is 1.03 bits per heavy atom. The summed E-state index contributed by atoms with van der Waals surface area (Å²) in [4.78, 5) is 28.5. The van der Waals surface area contributed by atoms with Crippen LogP contribution in [0.15, 0.2) is 36.5 Å². The van der Waals surface area contributed by atoms with Gasteiger partial charge in [-0.25, -0.2) is 4.68 Å². The standard InChI is InChI=1S/C22H29N5O2/c1-17(28)18-6-8-19(9-7-18)26-14-12-25(13-15-26)16-22(29)24-21-10-11-23-27(21)20-4-2-3-5-20/h6-11,20H,2-5,12-16H2,1H3,(H,24,29). The molecule has 1 aliphatic heterocycles. The molecular formula is C22H29N5O2. The van der Waals surface area contributed by atoms with Gasteiger partial charge < -0.3 is 10.2 Å². The Bertz CT molecular complexity index is 846. The summed E-state index contributed by atoms with van der Waals surface area (Å²) < 4.78 is 1.98. The molecule has 1 saturated heterocycles. The monoisotopic (exact) mass is 395 g/mol. The van der Waals surface area contributed by atoms with Crippen molar-refractivity contribution in [3.05, 3.63) is 42.1 Å². The highest BCUT2D eigenvalue weighted by molar-refractivity contribution is 5.94. The van der Waals surface area contributed by atoms with Gasteiger partial charge >= 0.3 is 0 Å². The second kappa shape index (κ2) is 8.78. The normalized spacial score (nSPS) is 18.2. The minimum Gasteiger partial charge on any atom is -0.369 e. The van der Waals surface area contributed by atoms with Gasteiger partial charge in [-0.05, 0) is 44.0 Å². The van der Waals surface area contributed by atoms with E-state index >= 15 is 0 Å². The number of hydrogen-bond acceptors (Lipinski definition) is 5. The highest BCUT2D eigenvalue weighted by atomic mass is 16.2. The van der Waals surface area contributed by atoms with Crippen molar-refractivity contribution < 1.29 is 9.59 Å². The number of nitrogens with zero attached hydrogens (tertiary/aromatic N) is 4. The topological polar surface area (TPSA) is 70.5 Å². The maximum absolute atomic E-state index is 12.6. The van der Waals surface area contributed by atoms with Crippen molar-refractivity contribution in [1.29, 1.82) is 0 Å². The van der Waals surface area contributed by atoms with Crippen molar-refractivity contribution in [2.45, 2.75) is 38.6 Å². The molecule has 0 unspecified atom stereocenters. The van der Waals surface area contributed by atoms with Gasteiger partial charge in [0.1, 0.15) is 5.82 Å². The van der Waals surface area contributed by atoms with Gasteiger partial charge in [-0.3, -0.25) is 14.5 Å². The van der Waals surface area contributed by atoms with Crippen molar-refractivity contribution in [3.63, 3.8) is 0 Å². The summed E-state index contributed by atoms with van der Waals surface area (Å²) in [5.74, 6) is 0.914. The molecular weight excluding hydrogens is 366 g/mol. The van der Waals surface area contributed by atoms with E-state index in [1.54, 1.807) is 13.1 Å². The predicted octanol–water partition coefficient (Wildman–Crippen LogP) is 2.96. The number of Topliss-reactive ketones (excluding diaryl/α,β-unsaturated/α-hetero) is 1. The van der Waals surface area contributed by atoms with Gasteiger partial charge in [0.05, 0.1) is 18.8 Å². The lowest BCUT2D eigenvalue weighted by molar-refractivity contribution is -0.117. The van der Waals surface area contributed by atoms with Gasteiger partial charge in [0.25, 0.3) is 0 Å². The van der Waals surface area contributed by atoms with E-state index in [0.717, 1.165) is 56.1 Å². The molecule has 4 rings (SSSR count). The molecule has 1 aliphatic carbocycles. The van der Waals surface area contributed by atoms with Crippen LogP contribution in [0.3, 0.4) is 0 Å². The Labute approximate surface area is 171 Å². The quantitative estimate of drug-likeness (QED) is 0.762. The summed E-state index contributed by atoms with van der Waals surface area (Å²) in [5.41, 5.74) is 1.86. The van der Waals surface area contributed by atoms with E-state index in [9.17, 15) is 9.59 Å². The molecule has 7 heteroatoms. The average molecular weight is 396 g/mol. The van der Waals surface area contributed by atoms with Crippen LogP contribution in [0.4, 0.5) is 11.5 Å². The smallest absolute Gasteiger partial charge is 0.239 e. The molecule has 1 N–H and O–H groups in total. The number of anilines is 2. The van der Waals surface area contributed by atoms with Crippen LogP contribution in [0.1, 0.15) is 49.0 Å². The molecule has 0 bridgehead atoms. The molecule has 1 saturated carbocycles. The van der Waals surface area contributed by atoms with Crippen molar-refractivity contribution in [1.82, 2.24) is 14.7 Å². The fourth-order valence-electron chi connectivity index (χ4n) is 4.31. The minimum absolute atomic E-state index is 0.0176. The average Bonchev–Trinajstić information content (AvgIpc) is 3.40. The van der Waals surface area contributed by atoms with E-state index < -0.39 is 0 Å². The molecule has 2 aromatic rings. The maximum atomic E-state index is 12.6. The van der Waals surface area contributed by atoms with Crippen LogP contribution in [-0.2, 0) is 4.79 Å². The maximum Gasteiger partial charge on any atom is 0.239 e. The Hall–Kier alpha value is -2.67. The molecule has 0 atom stereocenters. The number of aromatic nitrogens is 2. The molecule has 1 aromatic carbocycles. The van der Waals surface area contributed by atoms with Crippen LogP contribution in [0.25, 0.3) is 0 Å². The summed E-state index contributed by atoms with van der Waals surface area (Å²) in [6.45, 7) is 5.39. The lowest BCUT2D eigenvalue weighted by atomic mass is 10.1. The van der Waals surface area contributed by atoms with Crippen LogP contribution in [0.5, 0.6) is 0 Å². The number of benzene rings is 1. The summed E-state index contributed by atoms with van der Waals surface area (Å²) in [6, 6.07) is 10.1. The van der Waals surface area contributed by atoms with E-state index in [4.69, 9.17) is 0 Å². The number of piperazine rings is 1. The molecule has 0 spiro atoms. The van der Waals surface area contributed by atoms with E-state index in [1.807, 2.05) is 35.0 Å². The van der Waals surface area contributed by atoms with Gasteiger partial charge in [-0.15, -0.1) is 0 Å². The molecule has 2 fully saturated rings. The molecule has 1 aromatic heterocycles. The number of rotatable bonds is 6. The first-order chi connectivity index (χ1) is 14.1. The second-order valence-corrected chi connectivity index (χ2v) is 8.01. The Morgan fingerprint density at radius 3 is 2.38 bits per heavy atom.